The van der Waals surface area contributed by atoms with Crippen molar-refractivity contribution in [2.75, 3.05) is 17.4 Å². The van der Waals surface area contributed by atoms with E-state index in [4.69, 9.17) is 11.6 Å². The number of hydrogen-bond donors (Lipinski definition) is 0. The molecule has 2 nitrogen and oxygen atoms in total. The minimum atomic E-state index is -2.74. The minimum absolute atomic E-state index is 0.343. The van der Waals surface area contributed by atoms with Crippen LogP contribution in [0.2, 0.25) is 0 Å². The van der Waals surface area contributed by atoms with Gasteiger partial charge >= 0.3 is 0 Å². The zero-order chi connectivity index (χ0) is 10.9. The Bertz CT molecular complexity index is 307. The second kappa shape index (κ2) is 4.62. The predicted octanol–water partition coefficient (Wildman–Crippen LogP) is 2.47. The Labute approximate surface area is 97.3 Å². The fourth-order valence-electron chi connectivity index (χ4n) is 3.18. The summed E-state index contributed by atoms with van der Waals surface area (Å²) in [5, 5.41) is 0. The van der Waals surface area contributed by atoms with E-state index in [9.17, 15) is 8.42 Å². The first-order valence-corrected chi connectivity index (χ1v) is 8.24. The molecule has 15 heavy (non-hydrogen) atoms. The second-order valence-electron chi connectivity index (χ2n) is 5.03. The van der Waals surface area contributed by atoms with Crippen LogP contribution < -0.4 is 0 Å². The quantitative estimate of drug-likeness (QED) is 0.722. The number of alkyl halides is 1. The van der Waals surface area contributed by atoms with Crippen LogP contribution in [0.5, 0.6) is 0 Å². The van der Waals surface area contributed by atoms with E-state index in [0.717, 1.165) is 6.42 Å². The molecule has 1 aliphatic carbocycles. The molecule has 2 rings (SSSR count). The molecule has 1 saturated carbocycles. The maximum absolute atomic E-state index is 11.4. The van der Waals surface area contributed by atoms with Crippen molar-refractivity contribution < 1.29 is 8.42 Å². The van der Waals surface area contributed by atoms with Gasteiger partial charge in [0.1, 0.15) is 0 Å². The maximum atomic E-state index is 11.4. The SMILES string of the molecule is O=S1(=O)CCC(C(CCl)C2CCCC2)C1. The first kappa shape index (κ1) is 11.7. The Balaban J connectivity index is 2.01. The third-order valence-electron chi connectivity index (χ3n) is 4.06. The van der Waals surface area contributed by atoms with Gasteiger partial charge in [0.25, 0.3) is 0 Å². The molecule has 1 heterocycles. The van der Waals surface area contributed by atoms with E-state index in [0.29, 0.717) is 35.1 Å². The lowest BCUT2D eigenvalue weighted by Crippen LogP contribution is -2.24. The largest absolute Gasteiger partial charge is 0.229 e. The normalized spacial score (nSPS) is 33.3. The molecule has 0 aromatic rings. The third kappa shape index (κ3) is 2.68. The summed E-state index contributed by atoms with van der Waals surface area (Å²) in [5.41, 5.74) is 0. The van der Waals surface area contributed by atoms with Gasteiger partial charge in [-0.1, -0.05) is 25.7 Å². The molecule has 2 aliphatic rings. The molecule has 2 atom stereocenters. The van der Waals surface area contributed by atoms with Crippen LogP contribution in [-0.2, 0) is 9.84 Å². The summed E-state index contributed by atoms with van der Waals surface area (Å²) in [4.78, 5) is 0. The van der Waals surface area contributed by atoms with Gasteiger partial charge in [0.2, 0.25) is 0 Å². The Morgan fingerprint density at radius 3 is 2.27 bits per heavy atom. The molecule has 0 radical (unpaired) electrons. The van der Waals surface area contributed by atoms with Crippen LogP contribution in [0.3, 0.4) is 0 Å². The number of hydrogen-bond acceptors (Lipinski definition) is 2. The molecule has 0 spiro atoms. The van der Waals surface area contributed by atoms with Gasteiger partial charge in [-0.3, -0.25) is 0 Å². The van der Waals surface area contributed by atoms with E-state index in [1.54, 1.807) is 0 Å². The predicted molar refractivity (Wildman–Crippen MR) is 62.9 cm³/mol. The van der Waals surface area contributed by atoms with Crippen LogP contribution in [0.25, 0.3) is 0 Å². The molecule has 2 unspecified atom stereocenters. The van der Waals surface area contributed by atoms with Gasteiger partial charge in [0.15, 0.2) is 9.84 Å². The minimum Gasteiger partial charge on any atom is -0.229 e. The lowest BCUT2D eigenvalue weighted by atomic mass is 9.81. The maximum Gasteiger partial charge on any atom is 0.150 e. The van der Waals surface area contributed by atoms with E-state index in [-0.39, 0.29) is 0 Å². The average molecular weight is 251 g/mol. The first-order chi connectivity index (χ1) is 7.12. The molecule has 1 saturated heterocycles. The topological polar surface area (TPSA) is 34.1 Å². The van der Waals surface area contributed by atoms with Gasteiger partial charge in [-0.2, -0.15) is 0 Å². The van der Waals surface area contributed by atoms with E-state index >= 15 is 0 Å². The molecule has 0 aromatic carbocycles. The fourth-order valence-corrected chi connectivity index (χ4v) is 5.58. The lowest BCUT2D eigenvalue weighted by molar-refractivity contribution is 0.274. The number of rotatable bonds is 3. The monoisotopic (exact) mass is 250 g/mol. The Morgan fingerprint density at radius 2 is 1.80 bits per heavy atom. The molecular weight excluding hydrogens is 232 g/mol. The van der Waals surface area contributed by atoms with Gasteiger partial charge in [-0.15, -0.1) is 11.6 Å². The van der Waals surface area contributed by atoms with Crippen molar-refractivity contribution in [3.63, 3.8) is 0 Å². The van der Waals surface area contributed by atoms with Gasteiger partial charge in [-0.05, 0) is 24.2 Å². The van der Waals surface area contributed by atoms with Gasteiger partial charge < -0.3 is 0 Å². The fraction of sp³-hybridized carbons (Fsp3) is 1.00. The van der Waals surface area contributed by atoms with Crippen LogP contribution in [0.15, 0.2) is 0 Å². The third-order valence-corrected chi connectivity index (χ3v) is 6.21. The Kier molecular flexibility index (Phi) is 3.61. The summed E-state index contributed by atoms with van der Waals surface area (Å²) < 4.78 is 22.9. The summed E-state index contributed by atoms with van der Waals surface area (Å²) in [6, 6.07) is 0. The van der Waals surface area contributed by atoms with E-state index in [1.165, 1.54) is 25.7 Å². The van der Waals surface area contributed by atoms with Crippen molar-refractivity contribution in [1.29, 1.82) is 0 Å². The van der Waals surface area contributed by atoms with Gasteiger partial charge in [-0.25, -0.2) is 8.42 Å². The van der Waals surface area contributed by atoms with Crippen LogP contribution in [0, 0.1) is 17.8 Å². The van der Waals surface area contributed by atoms with Crippen LogP contribution in [0.1, 0.15) is 32.1 Å². The summed E-state index contributed by atoms with van der Waals surface area (Å²) in [5.74, 6) is 2.91. The molecular formula is C11H19ClO2S. The summed E-state index contributed by atoms with van der Waals surface area (Å²) in [6.07, 6.45) is 5.97. The van der Waals surface area contributed by atoms with Crippen LogP contribution in [-0.4, -0.2) is 25.8 Å². The van der Waals surface area contributed by atoms with Crippen molar-refractivity contribution in [1.82, 2.24) is 0 Å². The summed E-state index contributed by atoms with van der Waals surface area (Å²) in [7, 11) is -2.74. The zero-order valence-electron chi connectivity index (χ0n) is 8.99. The highest BCUT2D eigenvalue weighted by Crippen LogP contribution is 2.39. The molecule has 0 bridgehead atoms. The molecule has 4 heteroatoms. The highest BCUT2D eigenvalue weighted by molar-refractivity contribution is 7.91. The number of sulfone groups is 1. The second-order valence-corrected chi connectivity index (χ2v) is 7.56. The van der Waals surface area contributed by atoms with Crippen molar-refractivity contribution in [3.05, 3.63) is 0 Å². The first-order valence-electron chi connectivity index (χ1n) is 5.89. The van der Waals surface area contributed by atoms with E-state index < -0.39 is 9.84 Å². The van der Waals surface area contributed by atoms with Crippen molar-refractivity contribution in [2.24, 2.45) is 17.8 Å². The molecule has 88 valence electrons. The smallest absolute Gasteiger partial charge is 0.150 e. The summed E-state index contributed by atoms with van der Waals surface area (Å²) in [6.45, 7) is 0. The van der Waals surface area contributed by atoms with Crippen LogP contribution >= 0.6 is 11.6 Å². The molecule has 1 aliphatic heterocycles. The van der Waals surface area contributed by atoms with Crippen molar-refractivity contribution in [2.45, 2.75) is 32.1 Å². The zero-order valence-corrected chi connectivity index (χ0v) is 10.6. The Hall–Kier alpha value is 0.240. The van der Waals surface area contributed by atoms with Crippen LogP contribution in [0.4, 0.5) is 0 Å². The summed E-state index contributed by atoms with van der Waals surface area (Å²) >= 11 is 6.03. The lowest BCUT2D eigenvalue weighted by Gasteiger charge is -2.26. The van der Waals surface area contributed by atoms with E-state index in [2.05, 4.69) is 0 Å². The average Bonchev–Trinajstić information content (AvgIpc) is 2.77. The van der Waals surface area contributed by atoms with Crippen molar-refractivity contribution >= 4 is 21.4 Å². The molecule has 0 amide bonds. The molecule has 0 N–H and O–H groups in total. The van der Waals surface area contributed by atoms with Gasteiger partial charge in [0, 0.05) is 5.88 Å². The van der Waals surface area contributed by atoms with Gasteiger partial charge in [0.05, 0.1) is 11.5 Å². The van der Waals surface area contributed by atoms with E-state index in [1.807, 2.05) is 0 Å². The Morgan fingerprint density at radius 1 is 1.13 bits per heavy atom. The molecule has 2 fully saturated rings. The molecule has 0 aromatic heterocycles. The highest BCUT2D eigenvalue weighted by Gasteiger charge is 2.37. The number of halogens is 1. The standard InChI is InChI=1S/C11H19ClO2S/c12-7-11(9-3-1-2-4-9)10-5-6-15(13,14)8-10/h9-11H,1-8H2. The van der Waals surface area contributed by atoms with Crippen molar-refractivity contribution in [3.8, 4) is 0 Å². The highest BCUT2D eigenvalue weighted by atomic mass is 35.5.